The van der Waals surface area contributed by atoms with Gasteiger partial charge in [0.25, 0.3) is 0 Å². The van der Waals surface area contributed by atoms with E-state index in [0.717, 1.165) is 11.1 Å². The first-order valence-electron chi connectivity index (χ1n) is 6.04. The number of hydrogen-bond acceptors (Lipinski definition) is 3. The predicted molar refractivity (Wildman–Crippen MR) is 80.0 cm³/mol. The Morgan fingerprint density at radius 1 is 1.10 bits per heavy atom. The van der Waals surface area contributed by atoms with E-state index in [2.05, 4.69) is 5.16 Å². The third-order valence-corrected chi connectivity index (χ3v) is 3.37. The maximum atomic E-state index is 8.69. The molecule has 0 aliphatic rings. The van der Waals surface area contributed by atoms with Crippen molar-refractivity contribution in [3.63, 3.8) is 0 Å². The third kappa shape index (κ3) is 3.03. The number of ether oxygens (including phenoxy) is 1. The summed E-state index contributed by atoms with van der Waals surface area (Å²) in [6, 6.07) is 10.8. The number of rotatable bonds is 3. The quantitative estimate of drug-likeness (QED) is 0.390. The Labute approximate surface area is 122 Å². The van der Waals surface area contributed by atoms with Crippen LogP contribution in [0, 0.1) is 13.8 Å². The number of nitrogens with two attached hydrogens (primary N) is 1. The molecule has 0 bridgehead atoms. The van der Waals surface area contributed by atoms with Gasteiger partial charge in [0.15, 0.2) is 5.84 Å². The number of oxime groups is 1. The Bertz CT molecular complexity index is 669. The summed E-state index contributed by atoms with van der Waals surface area (Å²) in [6.45, 7) is 3.79. The van der Waals surface area contributed by atoms with E-state index in [1.807, 2.05) is 32.0 Å². The van der Waals surface area contributed by atoms with Crippen molar-refractivity contribution < 1.29 is 9.94 Å². The van der Waals surface area contributed by atoms with Gasteiger partial charge in [-0.25, -0.2) is 0 Å². The Morgan fingerprint density at radius 3 is 2.25 bits per heavy atom. The third-order valence-electron chi connectivity index (χ3n) is 2.95. The minimum atomic E-state index is 0.0800. The number of nitrogens with zero attached hydrogens (tertiary/aromatic N) is 1. The second-order valence-corrected chi connectivity index (χ2v) is 4.88. The zero-order valence-corrected chi connectivity index (χ0v) is 12.0. The Morgan fingerprint density at radius 2 is 1.70 bits per heavy atom. The standard InChI is InChI=1S/C15H15ClN2O2/c1-9-7-11(3-5-13(9)15(17)18-19)20-12-4-6-14(16)10(2)8-12/h3-8,19H,1-2H3,(H2,17,18). The highest BCUT2D eigenvalue weighted by molar-refractivity contribution is 6.31. The first-order valence-corrected chi connectivity index (χ1v) is 6.41. The summed E-state index contributed by atoms with van der Waals surface area (Å²) in [6.07, 6.45) is 0. The molecule has 0 atom stereocenters. The van der Waals surface area contributed by atoms with Gasteiger partial charge >= 0.3 is 0 Å². The Balaban J connectivity index is 2.26. The topological polar surface area (TPSA) is 67.8 Å². The van der Waals surface area contributed by atoms with E-state index in [4.69, 9.17) is 27.3 Å². The highest BCUT2D eigenvalue weighted by atomic mass is 35.5. The molecule has 20 heavy (non-hydrogen) atoms. The average molecular weight is 291 g/mol. The van der Waals surface area contributed by atoms with Crippen LogP contribution in [0.1, 0.15) is 16.7 Å². The largest absolute Gasteiger partial charge is 0.457 e. The molecule has 0 radical (unpaired) electrons. The van der Waals surface area contributed by atoms with Crippen molar-refractivity contribution in [1.29, 1.82) is 0 Å². The summed E-state index contributed by atoms with van der Waals surface area (Å²) in [7, 11) is 0. The van der Waals surface area contributed by atoms with Crippen LogP contribution in [0.2, 0.25) is 5.02 Å². The summed E-state index contributed by atoms with van der Waals surface area (Å²) in [5, 5.41) is 12.4. The van der Waals surface area contributed by atoms with Gasteiger partial charge in [0.1, 0.15) is 11.5 Å². The summed E-state index contributed by atoms with van der Waals surface area (Å²) in [5.41, 5.74) is 8.07. The summed E-state index contributed by atoms with van der Waals surface area (Å²) in [5.74, 6) is 1.47. The van der Waals surface area contributed by atoms with Gasteiger partial charge in [0, 0.05) is 10.6 Å². The first kappa shape index (κ1) is 14.2. The van der Waals surface area contributed by atoms with Crippen LogP contribution in [0.3, 0.4) is 0 Å². The van der Waals surface area contributed by atoms with E-state index in [1.165, 1.54) is 0 Å². The molecule has 4 nitrogen and oxygen atoms in total. The molecule has 0 heterocycles. The molecule has 2 aromatic carbocycles. The molecule has 104 valence electrons. The van der Waals surface area contributed by atoms with Crippen LogP contribution < -0.4 is 10.5 Å². The molecular weight excluding hydrogens is 276 g/mol. The van der Waals surface area contributed by atoms with Crippen LogP contribution in [-0.2, 0) is 0 Å². The smallest absolute Gasteiger partial charge is 0.170 e. The van der Waals surface area contributed by atoms with Gasteiger partial charge in [-0.2, -0.15) is 0 Å². The fourth-order valence-corrected chi connectivity index (χ4v) is 1.98. The van der Waals surface area contributed by atoms with E-state index in [9.17, 15) is 0 Å². The lowest BCUT2D eigenvalue weighted by molar-refractivity contribution is 0.318. The molecule has 2 aromatic rings. The van der Waals surface area contributed by atoms with Crippen molar-refractivity contribution in [3.8, 4) is 11.5 Å². The van der Waals surface area contributed by atoms with Gasteiger partial charge in [-0.05, 0) is 61.4 Å². The van der Waals surface area contributed by atoms with Crippen LogP contribution in [0.4, 0.5) is 0 Å². The van der Waals surface area contributed by atoms with Crippen molar-refractivity contribution in [2.75, 3.05) is 0 Å². The van der Waals surface area contributed by atoms with Crippen molar-refractivity contribution in [1.82, 2.24) is 0 Å². The lowest BCUT2D eigenvalue weighted by atomic mass is 10.1. The maximum absolute atomic E-state index is 8.69. The minimum Gasteiger partial charge on any atom is -0.457 e. The zero-order valence-electron chi connectivity index (χ0n) is 11.2. The van der Waals surface area contributed by atoms with E-state index in [-0.39, 0.29) is 5.84 Å². The molecule has 2 rings (SSSR count). The molecular formula is C15H15ClN2O2. The fourth-order valence-electron chi connectivity index (χ4n) is 1.86. The van der Waals surface area contributed by atoms with Crippen molar-refractivity contribution >= 4 is 17.4 Å². The molecule has 0 fully saturated rings. The van der Waals surface area contributed by atoms with Gasteiger partial charge in [0.2, 0.25) is 0 Å². The van der Waals surface area contributed by atoms with Gasteiger partial charge in [-0.15, -0.1) is 0 Å². The van der Waals surface area contributed by atoms with Crippen LogP contribution in [0.15, 0.2) is 41.6 Å². The first-order chi connectivity index (χ1) is 9.51. The SMILES string of the molecule is Cc1cc(Oc2ccc(/C(N)=N/O)c(C)c2)ccc1Cl. The Kier molecular flexibility index (Phi) is 4.15. The van der Waals surface area contributed by atoms with E-state index < -0.39 is 0 Å². The molecule has 0 aliphatic carbocycles. The zero-order chi connectivity index (χ0) is 14.7. The van der Waals surface area contributed by atoms with Crippen molar-refractivity contribution in [2.45, 2.75) is 13.8 Å². The highest BCUT2D eigenvalue weighted by Gasteiger charge is 2.06. The van der Waals surface area contributed by atoms with Crippen molar-refractivity contribution in [3.05, 3.63) is 58.1 Å². The van der Waals surface area contributed by atoms with Crippen LogP contribution in [-0.4, -0.2) is 11.0 Å². The number of hydrogen-bond donors (Lipinski definition) is 2. The van der Waals surface area contributed by atoms with Gasteiger partial charge < -0.3 is 15.7 Å². The van der Waals surface area contributed by atoms with Gasteiger partial charge in [-0.3, -0.25) is 0 Å². The van der Waals surface area contributed by atoms with Gasteiger partial charge in [-0.1, -0.05) is 16.8 Å². The van der Waals surface area contributed by atoms with Gasteiger partial charge in [0.05, 0.1) is 0 Å². The second-order valence-electron chi connectivity index (χ2n) is 4.48. The molecule has 0 unspecified atom stereocenters. The summed E-state index contributed by atoms with van der Waals surface area (Å²) in [4.78, 5) is 0. The molecule has 0 saturated heterocycles. The number of benzene rings is 2. The number of aryl methyl sites for hydroxylation is 2. The maximum Gasteiger partial charge on any atom is 0.170 e. The average Bonchev–Trinajstić information content (AvgIpc) is 2.42. The van der Waals surface area contributed by atoms with Crippen LogP contribution in [0.5, 0.6) is 11.5 Å². The molecule has 0 saturated carbocycles. The molecule has 0 amide bonds. The second kappa shape index (κ2) is 5.84. The van der Waals surface area contributed by atoms with E-state index in [1.54, 1.807) is 18.2 Å². The fraction of sp³-hybridized carbons (Fsp3) is 0.133. The number of halogens is 1. The van der Waals surface area contributed by atoms with Crippen molar-refractivity contribution in [2.24, 2.45) is 10.9 Å². The number of amidine groups is 1. The molecule has 0 aliphatic heterocycles. The lowest BCUT2D eigenvalue weighted by Gasteiger charge is -2.10. The molecule has 5 heteroatoms. The molecule has 0 aromatic heterocycles. The molecule has 3 N–H and O–H groups in total. The van der Waals surface area contributed by atoms with Crippen LogP contribution in [0.25, 0.3) is 0 Å². The minimum absolute atomic E-state index is 0.0800. The van der Waals surface area contributed by atoms with E-state index >= 15 is 0 Å². The normalized spacial score (nSPS) is 11.4. The van der Waals surface area contributed by atoms with E-state index in [0.29, 0.717) is 22.1 Å². The lowest BCUT2D eigenvalue weighted by Crippen LogP contribution is -2.14. The highest BCUT2D eigenvalue weighted by Crippen LogP contribution is 2.27. The molecule has 0 spiro atoms. The monoisotopic (exact) mass is 290 g/mol. The Hall–Kier alpha value is -2.20. The predicted octanol–water partition coefficient (Wildman–Crippen LogP) is 3.84. The summed E-state index contributed by atoms with van der Waals surface area (Å²) < 4.78 is 5.76. The summed E-state index contributed by atoms with van der Waals surface area (Å²) >= 11 is 5.97. The van der Waals surface area contributed by atoms with Crippen LogP contribution >= 0.6 is 11.6 Å².